The molecule has 1 aromatic heterocycles. The number of nitrogen functional groups attached to an aromatic ring is 1. The number of nitrogens with two attached hydrogens (primary N) is 1. The first kappa shape index (κ1) is 13.9. The summed E-state index contributed by atoms with van der Waals surface area (Å²) in [5.74, 6) is 4.14. The molecule has 20 heavy (non-hydrogen) atoms. The van der Waals surface area contributed by atoms with Gasteiger partial charge in [0.1, 0.15) is 24.2 Å². The lowest BCUT2D eigenvalue weighted by molar-refractivity contribution is 0.0953. The predicted molar refractivity (Wildman–Crippen MR) is 69.2 cm³/mol. The molecule has 102 valence electrons. The molecule has 0 saturated carbocycles. The van der Waals surface area contributed by atoms with Gasteiger partial charge in [0.05, 0.1) is 11.3 Å². The van der Waals surface area contributed by atoms with Gasteiger partial charge in [-0.25, -0.2) is 15.2 Å². The van der Waals surface area contributed by atoms with Gasteiger partial charge in [-0.1, -0.05) is 0 Å². The first-order chi connectivity index (χ1) is 9.63. The zero-order valence-corrected chi connectivity index (χ0v) is 10.9. The molecule has 0 fully saturated rings. The monoisotopic (exact) mass is 292 g/mol. The first-order valence-corrected chi connectivity index (χ1v) is 6.30. The number of halogens is 1. The number of carbonyl (C=O) groups excluding carboxylic acids is 1. The Morgan fingerprint density at radius 3 is 3.05 bits per heavy atom. The third-order valence-corrected chi connectivity index (χ3v) is 3.21. The van der Waals surface area contributed by atoms with Gasteiger partial charge in [-0.2, -0.15) is 5.26 Å². The number of carbonyl (C=O) groups is 1. The second-order valence-electron chi connectivity index (χ2n) is 3.66. The van der Waals surface area contributed by atoms with Gasteiger partial charge in [0.25, 0.3) is 5.91 Å². The lowest BCUT2D eigenvalue weighted by Crippen LogP contribution is -2.29. The van der Waals surface area contributed by atoms with E-state index in [0.29, 0.717) is 5.69 Å². The van der Waals surface area contributed by atoms with Crippen molar-refractivity contribution >= 4 is 17.2 Å². The van der Waals surface area contributed by atoms with E-state index in [1.54, 1.807) is 11.4 Å². The summed E-state index contributed by atoms with van der Waals surface area (Å²) in [7, 11) is 0. The van der Waals surface area contributed by atoms with E-state index in [-0.39, 0.29) is 22.9 Å². The van der Waals surface area contributed by atoms with Crippen LogP contribution in [-0.4, -0.2) is 10.9 Å². The molecule has 3 N–H and O–H groups in total. The largest absolute Gasteiger partial charge is 0.487 e. The van der Waals surface area contributed by atoms with Crippen LogP contribution in [-0.2, 0) is 6.61 Å². The van der Waals surface area contributed by atoms with Crippen molar-refractivity contribution in [2.45, 2.75) is 6.61 Å². The average molecular weight is 292 g/mol. The Morgan fingerprint density at radius 1 is 1.60 bits per heavy atom. The third-order valence-electron chi connectivity index (χ3n) is 2.32. The highest BCUT2D eigenvalue weighted by atomic mass is 32.1. The molecule has 0 saturated heterocycles. The Balaban J connectivity index is 2.02. The fraction of sp³-hybridized carbons (Fsp3) is 0.0833. The van der Waals surface area contributed by atoms with Crippen molar-refractivity contribution in [3.05, 3.63) is 45.7 Å². The molecule has 1 heterocycles. The number of hydrogen-bond donors (Lipinski definition) is 2. The molecule has 1 amide bonds. The molecule has 6 nitrogen and oxygen atoms in total. The molecule has 2 rings (SSSR count). The number of aromatic nitrogens is 1. The van der Waals surface area contributed by atoms with E-state index in [1.165, 1.54) is 12.1 Å². The summed E-state index contributed by atoms with van der Waals surface area (Å²) in [4.78, 5) is 15.2. The highest BCUT2D eigenvalue weighted by Gasteiger charge is 2.10. The van der Waals surface area contributed by atoms with Crippen LogP contribution in [0.25, 0.3) is 0 Å². The lowest BCUT2D eigenvalue weighted by Gasteiger charge is -2.04. The standard InChI is InChI=1S/C12H9FN4O2S/c13-10-3-9(2-1-7(10)4-14)19-5-8-6-20-12(16-8)11(18)17-15/h1-3,6H,5,15H2,(H,17,18). The van der Waals surface area contributed by atoms with Gasteiger partial charge in [0, 0.05) is 11.4 Å². The fourth-order valence-corrected chi connectivity index (χ4v) is 2.08. The molecule has 0 spiro atoms. The second kappa shape index (κ2) is 6.10. The number of hydrogen-bond acceptors (Lipinski definition) is 6. The van der Waals surface area contributed by atoms with Crippen LogP contribution in [0.15, 0.2) is 23.6 Å². The Bertz CT molecular complexity index is 680. The minimum atomic E-state index is -0.647. The van der Waals surface area contributed by atoms with E-state index >= 15 is 0 Å². The van der Waals surface area contributed by atoms with Crippen LogP contribution >= 0.6 is 11.3 Å². The number of nitrogens with one attached hydrogen (secondary N) is 1. The van der Waals surface area contributed by atoms with E-state index < -0.39 is 11.7 Å². The quantitative estimate of drug-likeness (QED) is 0.503. The van der Waals surface area contributed by atoms with Crippen molar-refractivity contribution in [1.82, 2.24) is 10.4 Å². The van der Waals surface area contributed by atoms with Crippen molar-refractivity contribution in [3.8, 4) is 11.8 Å². The van der Waals surface area contributed by atoms with Crippen molar-refractivity contribution in [3.63, 3.8) is 0 Å². The van der Waals surface area contributed by atoms with E-state index in [2.05, 4.69) is 4.98 Å². The van der Waals surface area contributed by atoms with Crippen molar-refractivity contribution < 1.29 is 13.9 Å². The minimum absolute atomic E-state index is 0.0482. The van der Waals surface area contributed by atoms with Gasteiger partial charge in [0.15, 0.2) is 5.01 Å². The number of benzene rings is 1. The summed E-state index contributed by atoms with van der Waals surface area (Å²) in [6.45, 7) is 0.0830. The maximum Gasteiger partial charge on any atom is 0.294 e. The normalized spacial score (nSPS) is 9.85. The molecule has 0 radical (unpaired) electrons. The SMILES string of the molecule is N#Cc1ccc(OCc2csc(C(=O)NN)n2)cc1F. The summed E-state index contributed by atoms with van der Waals surface area (Å²) in [5, 5.41) is 10.5. The predicted octanol–water partition coefficient (Wildman–Crippen LogP) is 1.34. The van der Waals surface area contributed by atoms with E-state index in [9.17, 15) is 9.18 Å². The van der Waals surface area contributed by atoms with Gasteiger partial charge >= 0.3 is 0 Å². The number of rotatable bonds is 4. The Labute approximate surface area is 117 Å². The summed E-state index contributed by atoms with van der Waals surface area (Å²) in [6, 6.07) is 5.66. The van der Waals surface area contributed by atoms with Crippen molar-refractivity contribution in [1.29, 1.82) is 5.26 Å². The van der Waals surface area contributed by atoms with E-state index in [0.717, 1.165) is 17.4 Å². The van der Waals surface area contributed by atoms with Gasteiger partial charge in [0.2, 0.25) is 0 Å². The van der Waals surface area contributed by atoms with Crippen LogP contribution in [0.3, 0.4) is 0 Å². The molecule has 0 bridgehead atoms. The van der Waals surface area contributed by atoms with Crippen LogP contribution in [0.4, 0.5) is 4.39 Å². The smallest absolute Gasteiger partial charge is 0.294 e. The molecule has 2 aromatic rings. The Hall–Kier alpha value is -2.50. The number of ether oxygens (including phenoxy) is 1. The zero-order valence-electron chi connectivity index (χ0n) is 10.1. The number of amides is 1. The van der Waals surface area contributed by atoms with Crippen LogP contribution in [0.1, 0.15) is 21.1 Å². The van der Waals surface area contributed by atoms with Crippen LogP contribution in [0.2, 0.25) is 0 Å². The van der Waals surface area contributed by atoms with Crippen molar-refractivity contribution in [2.24, 2.45) is 5.84 Å². The Morgan fingerprint density at radius 2 is 2.40 bits per heavy atom. The summed E-state index contributed by atoms with van der Waals surface area (Å²) in [6.07, 6.45) is 0. The van der Waals surface area contributed by atoms with Gasteiger partial charge in [-0.3, -0.25) is 10.2 Å². The number of nitriles is 1. The third kappa shape index (κ3) is 3.09. The van der Waals surface area contributed by atoms with E-state index in [4.69, 9.17) is 15.8 Å². The molecule has 0 unspecified atom stereocenters. The second-order valence-corrected chi connectivity index (χ2v) is 4.52. The van der Waals surface area contributed by atoms with Crippen LogP contribution in [0.5, 0.6) is 5.75 Å². The van der Waals surface area contributed by atoms with Gasteiger partial charge in [-0.15, -0.1) is 11.3 Å². The summed E-state index contributed by atoms with van der Waals surface area (Å²) >= 11 is 1.13. The minimum Gasteiger partial charge on any atom is -0.487 e. The van der Waals surface area contributed by atoms with Crippen molar-refractivity contribution in [2.75, 3.05) is 0 Å². The Kier molecular flexibility index (Phi) is 4.24. The first-order valence-electron chi connectivity index (χ1n) is 5.42. The number of hydrazine groups is 1. The maximum atomic E-state index is 13.3. The summed E-state index contributed by atoms with van der Waals surface area (Å²) in [5.41, 5.74) is 2.45. The maximum absolute atomic E-state index is 13.3. The average Bonchev–Trinajstić information content (AvgIpc) is 2.93. The molecule has 0 aliphatic carbocycles. The lowest BCUT2D eigenvalue weighted by atomic mass is 10.2. The number of thiazole rings is 1. The summed E-state index contributed by atoms with van der Waals surface area (Å²) < 4.78 is 18.7. The molecular weight excluding hydrogens is 283 g/mol. The van der Waals surface area contributed by atoms with Gasteiger partial charge < -0.3 is 4.74 Å². The number of nitrogens with zero attached hydrogens (tertiary/aromatic N) is 2. The zero-order chi connectivity index (χ0) is 14.5. The molecule has 0 aliphatic heterocycles. The van der Waals surface area contributed by atoms with E-state index in [1.807, 2.05) is 5.43 Å². The molecular formula is C12H9FN4O2S. The van der Waals surface area contributed by atoms with Gasteiger partial charge in [-0.05, 0) is 12.1 Å². The van der Waals surface area contributed by atoms with Crippen LogP contribution < -0.4 is 16.0 Å². The van der Waals surface area contributed by atoms with Crippen LogP contribution in [0, 0.1) is 17.1 Å². The molecule has 0 aliphatic rings. The molecule has 1 aromatic carbocycles. The fourth-order valence-electron chi connectivity index (χ4n) is 1.37. The molecule has 0 atom stereocenters. The highest BCUT2D eigenvalue weighted by molar-refractivity contribution is 7.11. The topological polar surface area (TPSA) is 101 Å². The highest BCUT2D eigenvalue weighted by Crippen LogP contribution is 2.18. The molecule has 8 heteroatoms.